The van der Waals surface area contributed by atoms with E-state index in [0.717, 1.165) is 5.69 Å². The topological polar surface area (TPSA) is 91.7 Å². The highest BCUT2D eigenvalue weighted by molar-refractivity contribution is 6.00. The van der Waals surface area contributed by atoms with E-state index in [9.17, 15) is 9.59 Å². The molecule has 0 bridgehead atoms. The number of nitrogens with zero attached hydrogens (tertiary/aromatic N) is 2. The van der Waals surface area contributed by atoms with Gasteiger partial charge in [0.25, 0.3) is 5.91 Å². The lowest BCUT2D eigenvalue weighted by Crippen LogP contribution is -2.30. The predicted octanol–water partition coefficient (Wildman–Crippen LogP) is 2.24. The number of carbonyl (C=O) groups excluding carboxylic acids is 2. The zero-order valence-electron chi connectivity index (χ0n) is 15.7. The molecule has 0 unspecified atom stereocenters. The van der Waals surface area contributed by atoms with E-state index in [1.165, 1.54) is 21.1 Å². The maximum atomic E-state index is 12.5. The van der Waals surface area contributed by atoms with E-state index in [-0.39, 0.29) is 5.56 Å². The molecular formula is C18H23N3O5. The summed E-state index contributed by atoms with van der Waals surface area (Å²) in [6, 6.07) is 4.93. The Hall–Kier alpha value is -3.03. The van der Waals surface area contributed by atoms with Crippen molar-refractivity contribution in [3.8, 4) is 11.5 Å². The lowest BCUT2D eigenvalue weighted by molar-refractivity contribution is -0.123. The molecule has 1 heterocycles. The third-order valence-electron chi connectivity index (χ3n) is 4.04. The molecule has 1 aromatic heterocycles. The van der Waals surface area contributed by atoms with Gasteiger partial charge in [0.15, 0.2) is 6.10 Å². The Kier molecular flexibility index (Phi) is 5.86. The van der Waals surface area contributed by atoms with Gasteiger partial charge < -0.3 is 19.5 Å². The van der Waals surface area contributed by atoms with Crippen molar-refractivity contribution in [3.05, 3.63) is 35.2 Å². The summed E-state index contributed by atoms with van der Waals surface area (Å²) in [7, 11) is 4.67. The minimum Gasteiger partial charge on any atom is -0.496 e. The zero-order valence-corrected chi connectivity index (χ0v) is 15.7. The molecule has 0 saturated carbocycles. The predicted molar refractivity (Wildman–Crippen MR) is 95.7 cm³/mol. The van der Waals surface area contributed by atoms with Gasteiger partial charge in [-0.2, -0.15) is 5.10 Å². The summed E-state index contributed by atoms with van der Waals surface area (Å²) in [5.41, 5.74) is 2.23. The van der Waals surface area contributed by atoms with E-state index in [1.807, 2.05) is 6.92 Å². The third-order valence-corrected chi connectivity index (χ3v) is 4.04. The standard InChI is InChI=1S/C18H23N3O5/c1-10-16(11(2)21(4)20-10)19-17(22)12(3)26-18(23)15-13(24-5)8-7-9-14(15)25-6/h7-9,12H,1-6H3,(H,19,22)/t12-/m0/s1. The fraction of sp³-hybridized carbons (Fsp3) is 0.389. The van der Waals surface area contributed by atoms with Crippen LogP contribution in [0.3, 0.4) is 0 Å². The quantitative estimate of drug-likeness (QED) is 0.794. The van der Waals surface area contributed by atoms with Gasteiger partial charge in [-0.05, 0) is 32.9 Å². The van der Waals surface area contributed by atoms with Gasteiger partial charge in [-0.3, -0.25) is 9.48 Å². The Labute approximate surface area is 152 Å². The smallest absolute Gasteiger partial charge is 0.346 e. The molecule has 26 heavy (non-hydrogen) atoms. The number of hydrogen-bond acceptors (Lipinski definition) is 6. The summed E-state index contributed by atoms with van der Waals surface area (Å²) in [5.74, 6) is -0.546. The lowest BCUT2D eigenvalue weighted by Gasteiger charge is -2.16. The van der Waals surface area contributed by atoms with Gasteiger partial charge in [0.1, 0.15) is 17.1 Å². The largest absolute Gasteiger partial charge is 0.496 e. The van der Waals surface area contributed by atoms with E-state index in [4.69, 9.17) is 14.2 Å². The van der Waals surface area contributed by atoms with Crippen LogP contribution in [0.25, 0.3) is 0 Å². The number of nitrogens with one attached hydrogen (secondary N) is 1. The molecule has 0 aliphatic heterocycles. The molecule has 2 rings (SSSR count). The molecule has 0 radical (unpaired) electrons. The van der Waals surface area contributed by atoms with Crippen LogP contribution < -0.4 is 14.8 Å². The number of aromatic nitrogens is 2. The maximum absolute atomic E-state index is 12.5. The molecule has 1 amide bonds. The Morgan fingerprint density at radius 3 is 2.19 bits per heavy atom. The molecule has 0 saturated heterocycles. The molecule has 140 valence electrons. The summed E-state index contributed by atoms with van der Waals surface area (Å²) in [6.07, 6.45) is -1.02. The second-order valence-electron chi connectivity index (χ2n) is 5.74. The first-order chi connectivity index (χ1) is 12.3. The molecule has 8 nitrogen and oxygen atoms in total. The number of aryl methyl sites for hydroxylation is 2. The van der Waals surface area contributed by atoms with Crippen LogP contribution in [0.15, 0.2) is 18.2 Å². The van der Waals surface area contributed by atoms with Crippen molar-refractivity contribution >= 4 is 17.6 Å². The Balaban J connectivity index is 2.15. The second-order valence-corrected chi connectivity index (χ2v) is 5.74. The number of hydrogen-bond donors (Lipinski definition) is 1. The molecule has 8 heteroatoms. The number of rotatable bonds is 6. The number of ether oxygens (including phenoxy) is 3. The van der Waals surface area contributed by atoms with Crippen molar-refractivity contribution in [1.29, 1.82) is 0 Å². The average molecular weight is 361 g/mol. The van der Waals surface area contributed by atoms with E-state index < -0.39 is 18.0 Å². The first-order valence-electron chi connectivity index (χ1n) is 8.03. The van der Waals surface area contributed by atoms with E-state index in [1.54, 1.807) is 36.9 Å². The molecule has 2 aromatic rings. The first-order valence-corrected chi connectivity index (χ1v) is 8.03. The van der Waals surface area contributed by atoms with Gasteiger partial charge in [0.05, 0.1) is 31.3 Å². The minimum atomic E-state index is -1.02. The molecule has 0 spiro atoms. The lowest BCUT2D eigenvalue weighted by atomic mass is 10.1. The van der Waals surface area contributed by atoms with Crippen molar-refractivity contribution in [2.45, 2.75) is 26.9 Å². The summed E-state index contributed by atoms with van der Waals surface area (Å²) in [6.45, 7) is 5.13. The number of amides is 1. The Bertz CT molecular complexity index is 806. The maximum Gasteiger partial charge on any atom is 0.346 e. The van der Waals surface area contributed by atoms with Crippen LogP contribution in [0.5, 0.6) is 11.5 Å². The highest BCUT2D eigenvalue weighted by Crippen LogP contribution is 2.29. The molecule has 1 N–H and O–H groups in total. The first kappa shape index (κ1) is 19.3. The highest BCUT2D eigenvalue weighted by Gasteiger charge is 2.25. The van der Waals surface area contributed by atoms with Crippen molar-refractivity contribution in [2.75, 3.05) is 19.5 Å². The van der Waals surface area contributed by atoms with Gasteiger partial charge >= 0.3 is 5.97 Å². The number of benzene rings is 1. The number of esters is 1. The second kappa shape index (κ2) is 7.90. The Morgan fingerprint density at radius 1 is 1.15 bits per heavy atom. The SMILES string of the molecule is COc1cccc(OC)c1C(=O)O[C@@H](C)C(=O)Nc1c(C)nn(C)c1C. The molecule has 0 fully saturated rings. The van der Waals surface area contributed by atoms with Crippen molar-refractivity contribution in [3.63, 3.8) is 0 Å². The van der Waals surface area contributed by atoms with Crippen LogP contribution in [0, 0.1) is 13.8 Å². The van der Waals surface area contributed by atoms with E-state index in [0.29, 0.717) is 22.9 Å². The average Bonchev–Trinajstić information content (AvgIpc) is 2.86. The van der Waals surface area contributed by atoms with Crippen LogP contribution in [0.1, 0.15) is 28.7 Å². The van der Waals surface area contributed by atoms with Gasteiger partial charge in [-0.15, -0.1) is 0 Å². The van der Waals surface area contributed by atoms with Crippen LogP contribution in [0.4, 0.5) is 5.69 Å². The molecule has 1 aromatic carbocycles. The van der Waals surface area contributed by atoms with Gasteiger partial charge in [-0.25, -0.2) is 4.79 Å². The third kappa shape index (κ3) is 3.79. The fourth-order valence-corrected chi connectivity index (χ4v) is 2.50. The molecule has 1 atom stereocenters. The number of carbonyl (C=O) groups is 2. The summed E-state index contributed by atoms with van der Waals surface area (Å²) in [5, 5.41) is 6.99. The van der Waals surface area contributed by atoms with Crippen LogP contribution >= 0.6 is 0 Å². The van der Waals surface area contributed by atoms with E-state index >= 15 is 0 Å². The minimum absolute atomic E-state index is 0.130. The van der Waals surface area contributed by atoms with Crippen LogP contribution in [-0.2, 0) is 16.6 Å². The normalized spacial score (nSPS) is 11.6. The summed E-state index contributed by atoms with van der Waals surface area (Å²) < 4.78 is 17.3. The highest BCUT2D eigenvalue weighted by atomic mass is 16.6. The van der Waals surface area contributed by atoms with Gasteiger partial charge in [0, 0.05) is 7.05 Å². The fourth-order valence-electron chi connectivity index (χ4n) is 2.50. The zero-order chi connectivity index (χ0) is 19.4. The monoisotopic (exact) mass is 361 g/mol. The van der Waals surface area contributed by atoms with Crippen LogP contribution in [-0.4, -0.2) is 42.0 Å². The van der Waals surface area contributed by atoms with Crippen molar-refractivity contribution < 1.29 is 23.8 Å². The molecule has 0 aliphatic carbocycles. The van der Waals surface area contributed by atoms with Gasteiger partial charge in [-0.1, -0.05) is 6.07 Å². The molecule has 0 aliphatic rings. The number of anilines is 1. The van der Waals surface area contributed by atoms with Gasteiger partial charge in [0.2, 0.25) is 0 Å². The summed E-state index contributed by atoms with van der Waals surface area (Å²) in [4.78, 5) is 24.9. The molecular weight excluding hydrogens is 338 g/mol. The summed E-state index contributed by atoms with van der Waals surface area (Å²) >= 11 is 0. The van der Waals surface area contributed by atoms with Crippen molar-refractivity contribution in [1.82, 2.24) is 9.78 Å². The Morgan fingerprint density at radius 2 is 1.73 bits per heavy atom. The van der Waals surface area contributed by atoms with E-state index in [2.05, 4.69) is 10.4 Å². The van der Waals surface area contributed by atoms with Crippen LogP contribution in [0.2, 0.25) is 0 Å². The number of methoxy groups -OCH3 is 2. The van der Waals surface area contributed by atoms with Crippen molar-refractivity contribution in [2.24, 2.45) is 7.05 Å².